The molecule has 0 bridgehead atoms. The fourth-order valence-electron chi connectivity index (χ4n) is 4.52. The highest BCUT2D eigenvalue weighted by atomic mass is 19.1. The second-order valence-corrected chi connectivity index (χ2v) is 9.39. The van der Waals surface area contributed by atoms with E-state index in [1.54, 1.807) is 79.1 Å². The van der Waals surface area contributed by atoms with Gasteiger partial charge in [0.1, 0.15) is 11.6 Å². The van der Waals surface area contributed by atoms with Crippen LogP contribution >= 0.6 is 0 Å². The number of hydrogen-bond acceptors (Lipinski definition) is 6. The monoisotopic (exact) mass is 554 g/mol. The summed E-state index contributed by atoms with van der Waals surface area (Å²) < 4.78 is 24.3. The number of nitrogens with one attached hydrogen (secondary N) is 2. The molecular formula is C31H27FN4O5. The highest BCUT2D eigenvalue weighted by Gasteiger charge is 2.46. The number of aromatic nitrogens is 1. The van der Waals surface area contributed by atoms with Gasteiger partial charge >= 0.3 is 6.09 Å². The quantitative estimate of drug-likeness (QED) is 0.306. The number of ether oxygens (including phenoxy) is 2. The summed E-state index contributed by atoms with van der Waals surface area (Å²) >= 11 is 0. The van der Waals surface area contributed by atoms with Crippen molar-refractivity contribution in [1.29, 1.82) is 0 Å². The number of cyclic esters (lactones) is 1. The molecule has 2 atom stereocenters. The summed E-state index contributed by atoms with van der Waals surface area (Å²) in [5, 5.41) is 5.70. The van der Waals surface area contributed by atoms with Crippen LogP contribution in [0.5, 0.6) is 5.75 Å². The molecule has 0 unspecified atom stereocenters. The number of nitrogens with zero attached hydrogens (tertiary/aromatic N) is 2. The van der Waals surface area contributed by atoms with Crippen LogP contribution in [0.25, 0.3) is 0 Å². The molecule has 5 rings (SSSR count). The Morgan fingerprint density at radius 3 is 2.49 bits per heavy atom. The molecule has 9 nitrogen and oxygen atoms in total. The minimum Gasteiger partial charge on any atom is -0.497 e. The lowest BCUT2D eigenvalue weighted by Crippen LogP contribution is -2.46. The molecule has 1 aliphatic rings. The summed E-state index contributed by atoms with van der Waals surface area (Å²) in [5.41, 5.74) is 2.96. The van der Waals surface area contributed by atoms with Crippen molar-refractivity contribution in [2.24, 2.45) is 0 Å². The van der Waals surface area contributed by atoms with Gasteiger partial charge in [-0.15, -0.1) is 0 Å². The summed E-state index contributed by atoms with van der Waals surface area (Å²) in [4.78, 5) is 44.6. The summed E-state index contributed by atoms with van der Waals surface area (Å²) in [6, 6.07) is 21.8. The topological polar surface area (TPSA) is 110 Å². The Balaban J connectivity index is 1.35. The van der Waals surface area contributed by atoms with Crippen molar-refractivity contribution in [3.8, 4) is 5.75 Å². The van der Waals surface area contributed by atoms with E-state index >= 15 is 0 Å². The van der Waals surface area contributed by atoms with Crippen LogP contribution in [0.2, 0.25) is 0 Å². The number of methoxy groups -OCH3 is 1. The van der Waals surface area contributed by atoms with Gasteiger partial charge in [0.05, 0.1) is 13.7 Å². The van der Waals surface area contributed by atoms with Crippen molar-refractivity contribution in [3.63, 3.8) is 0 Å². The third-order valence-corrected chi connectivity index (χ3v) is 6.64. The third kappa shape index (κ3) is 6.50. The predicted molar refractivity (Wildman–Crippen MR) is 148 cm³/mol. The van der Waals surface area contributed by atoms with Crippen molar-refractivity contribution in [2.45, 2.75) is 25.2 Å². The molecule has 3 aromatic carbocycles. The Kier molecular flexibility index (Phi) is 8.19. The maximum Gasteiger partial charge on any atom is 0.411 e. The van der Waals surface area contributed by atoms with E-state index < -0.39 is 30.0 Å². The maximum atomic E-state index is 13.5. The highest BCUT2D eigenvalue weighted by molar-refractivity contribution is 6.04. The molecule has 2 heterocycles. The zero-order valence-corrected chi connectivity index (χ0v) is 22.1. The van der Waals surface area contributed by atoms with Gasteiger partial charge in [-0.05, 0) is 65.2 Å². The summed E-state index contributed by atoms with van der Waals surface area (Å²) in [6.45, 7) is 0.263. The van der Waals surface area contributed by atoms with Gasteiger partial charge in [-0.25, -0.2) is 9.18 Å². The van der Waals surface area contributed by atoms with Gasteiger partial charge in [0.25, 0.3) is 5.91 Å². The van der Waals surface area contributed by atoms with Gasteiger partial charge in [0.2, 0.25) is 5.91 Å². The van der Waals surface area contributed by atoms with E-state index in [1.807, 2.05) is 6.07 Å². The van der Waals surface area contributed by atoms with Gasteiger partial charge in [-0.3, -0.25) is 19.5 Å². The predicted octanol–water partition coefficient (Wildman–Crippen LogP) is 4.86. The lowest BCUT2D eigenvalue weighted by atomic mass is 10.00. The second-order valence-electron chi connectivity index (χ2n) is 9.39. The first-order chi connectivity index (χ1) is 19.9. The lowest BCUT2D eigenvalue weighted by molar-refractivity contribution is -0.126. The molecule has 10 heteroatoms. The van der Waals surface area contributed by atoms with Crippen LogP contribution in [0.4, 0.5) is 14.9 Å². The summed E-state index contributed by atoms with van der Waals surface area (Å²) in [6.07, 6.45) is 1.69. The number of halogens is 1. The fraction of sp³-hybridized carbons (Fsp3) is 0.161. The Bertz CT molecular complexity index is 1530. The number of hydrogen-bond donors (Lipinski definition) is 2. The van der Waals surface area contributed by atoms with Crippen LogP contribution in [0.3, 0.4) is 0 Å². The van der Waals surface area contributed by atoms with Crippen LogP contribution in [0, 0.1) is 5.82 Å². The average Bonchev–Trinajstić information content (AvgIpc) is 3.33. The Labute approximate surface area is 235 Å². The molecule has 0 aliphatic carbocycles. The van der Waals surface area contributed by atoms with E-state index in [4.69, 9.17) is 9.47 Å². The number of amides is 3. The fourth-order valence-corrected chi connectivity index (χ4v) is 4.52. The van der Waals surface area contributed by atoms with E-state index in [0.717, 1.165) is 5.56 Å². The molecule has 1 saturated heterocycles. The van der Waals surface area contributed by atoms with Gasteiger partial charge in [0.15, 0.2) is 12.1 Å². The van der Waals surface area contributed by atoms with Crippen molar-refractivity contribution in [1.82, 2.24) is 15.2 Å². The van der Waals surface area contributed by atoms with Crippen LogP contribution in [-0.4, -0.2) is 40.9 Å². The minimum absolute atomic E-state index is 0.0509. The number of carbonyl (C=O) groups excluding carboxylic acids is 3. The van der Waals surface area contributed by atoms with Crippen LogP contribution in [0.15, 0.2) is 97.3 Å². The molecule has 1 aromatic heterocycles. The number of carbonyl (C=O) groups is 3. The first-order valence-corrected chi connectivity index (χ1v) is 12.8. The van der Waals surface area contributed by atoms with Crippen molar-refractivity contribution in [2.75, 3.05) is 12.4 Å². The zero-order chi connectivity index (χ0) is 28.8. The first-order valence-electron chi connectivity index (χ1n) is 12.8. The summed E-state index contributed by atoms with van der Waals surface area (Å²) in [7, 11) is 1.53. The molecular weight excluding hydrogens is 527 g/mol. The Hall–Kier alpha value is -5.25. The molecule has 2 N–H and O–H groups in total. The van der Waals surface area contributed by atoms with Crippen molar-refractivity contribution in [3.05, 3.63) is 125 Å². The van der Waals surface area contributed by atoms with Gasteiger partial charge < -0.3 is 20.1 Å². The van der Waals surface area contributed by atoms with Gasteiger partial charge in [0, 0.05) is 30.2 Å². The van der Waals surface area contributed by atoms with E-state index in [2.05, 4.69) is 15.6 Å². The largest absolute Gasteiger partial charge is 0.497 e. The molecule has 208 valence electrons. The number of benzene rings is 3. The SMILES string of the molecule is COc1cccc(C(=O)Nc2ccc([C@@H]3OC(=O)N(Cc4ccc(F)cc4)[C@H]3C(=O)NCc3cccnc3)cc2)c1. The molecule has 1 aliphatic heterocycles. The second kappa shape index (κ2) is 12.3. The first kappa shape index (κ1) is 27.3. The standard InChI is InChI=1S/C31H27FN4O5/c1-40-26-6-2-5-23(16-26)29(37)35-25-13-9-22(10-14-25)28-27(30(38)34-18-21-4-3-15-33-17-21)36(31(39)41-28)19-20-7-11-24(32)12-8-20/h2-17,27-28H,18-19H2,1H3,(H,34,38)(H,35,37)/t27-,28+/m1/s1. The third-order valence-electron chi connectivity index (χ3n) is 6.64. The highest BCUT2D eigenvalue weighted by Crippen LogP contribution is 2.34. The molecule has 0 spiro atoms. The van der Waals surface area contributed by atoms with Crippen LogP contribution < -0.4 is 15.4 Å². The Morgan fingerprint density at radius 2 is 1.78 bits per heavy atom. The molecule has 0 saturated carbocycles. The van der Waals surface area contributed by atoms with E-state index in [9.17, 15) is 18.8 Å². The van der Waals surface area contributed by atoms with Gasteiger partial charge in [-0.2, -0.15) is 0 Å². The van der Waals surface area contributed by atoms with E-state index in [0.29, 0.717) is 28.1 Å². The Morgan fingerprint density at radius 1 is 1.00 bits per heavy atom. The van der Waals surface area contributed by atoms with Crippen molar-refractivity contribution < 1.29 is 28.2 Å². The van der Waals surface area contributed by atoms with Crippen molar-refractivity contribution >= 4 is 23.6 Å². The number of pyridine rings is 1. The normalized spacial score (nSPS) is 16.1. The van der Waals surface area contributed by atoms with Crippen LogP contribution in [-0.2, 0) is 22.6 Å². The molecule has 4 aromatic rings. The zero-order valence-electron chi connectivity index (χ0n) is 22.1. The smallest absolute Gasteiger partial charge is 0.411 e. The van der Waals surface area contributed by atoms with E-state index in [-0.39, 0.29) is 19.0 Å². The molecule has 41 heavy (non-hydrogen) atoms. The maximum absolute atomic E-state index is 13.5. The lowest BCUT2D eigenvalue weighted by Gasteiger charge is -2.24. The molecule has 0 radical (unpaired) electrons. The van der Waals surface area contributed by atoms with Crippen LogP contribution in [0.1, 0.15) is 33.2 Å². The summed E-state index contributed by atoms with van der Waals surface area (Å²) in [5.74, 6) is -0.571. The molecule has 3 amide bonds. The minimum atomic E-state index is -0.999. The molecule has 1 fully saturated rings. The van der Waals surface area contributed by atoms with E-state index in [1.165, 1.54) is 24.1 Å². The van der Waals surface area contributed by atoms with Gasteiger partial charge in [-0.1, -0.05) is 36.4 Å². The number of anilines is 1. The number of rotatable bonds is 9. The average molecular weight is 555 g/mol.